The van der Waals surface area contributed by atoms with Crippen molar-refractivity contribution in [1.82, 2.24) is 4.90 Å². The number of aliphatic hydroxyl groups excluding tert-OH is 1. The summed E-state index contributed by atoms with van der Waals surface area (Å²) in [7, 11) is 1.42. The predicted octanol–water partition coefficient (Wildman–Crippen LogP) is -0.681. The van der Waals surface area contributed by atoms with E-state index in [0.29, 0.717) is 19.3 Å². The molecular formula is C18H29NO8. The topological polar surface area (TPSA) is 118 Å². The van der Waals surface area contributed by atoms with Gasteiger partial charge in [0.2, 0.25) is 6.41 Å². The number of carbonyl (C=O) groups excluding carboxylic acids is 1. The maximum absolute atomic E-state index is 11.4. The Labute approximate surface area is 158 Å². The van der Waals surface area contributed by atoms with Crippen LogP contribution in [0.5, 0.6) is 0 Å². The number of ether oxygens (including phenoxy) is 4. The van der Waals surface area contributed by atoms with Gasteiger partial charge >= 0.3 is 0 Å². The van der Waals surface area contributed by atoms with Gasteiger partial charge in [0, 0.05) is 13.0 Å². The molecule has 3 aliphatic heterocycles. The zero-order valence-corrected chi connectivity index (χ0v) is 15.9. The van der Waals surface area contributed by atoms with Crippen LogP contribution in [0.15, 0.2) is 0 Å². The van der Waals surface area contributed by atoms with Crippen LogP contribution in [-0.4, -0.2) is 88.1 Å². The smallest absolute Gasteiger partial charge is 0.212 e. The Morgan fingerprint density at radius 3 is 2.44 bits per heavy atom. The number of fused-ring (bicyclic) bond motifs is 2. The lowest BCUT2D eigenvalue weighted by molar-refractivity contribution is -0.392. The SMILES string of the molecule is CO[C@H]1O[C@H]2C(C(O)C1O[C@H]1OC(C)[C@@H](C)C3(O)CCCCC13O)N2C=O. The molecule has 4 fully saturated rings. The van der Waals surface area contributed by atoms with Crippen molar-refractivity contribution in [2.24, 2.45) is 5.92 Å². The molecule has 0 bridgehead atoms. The van der Waals surface area contributed by atoms with E-state index in [-0.39, 0.29) is 12.0 Å². The minimum absolute atomic E-state index is 0.272. The maximum Gasteiger partial charge on any atom is 0.212 e. The molecule has 1 saturated carbocycles. The van der Waals surface area contributed by atoms with Crippen LogP contribution in [0, 0.1) is 5.92 Å². The molecule has 154 valence electrons. The van der Waals surface area contributed by atoms with Crippen molar-refractivity contribution >= 4 is 6.41 Å². The van der Waals surface area contributed by atoms with Crippen LogP contribution in [0.2, 0.25) is 0 Å². The zero-order valence-electron chi connectivity index (χ0n) is 15.9. The third-order valence-corrected chi connectivity index (χ3v) is 7.00. The Balaban J connectivity index is 1.59. The first kappa shape index (κ1) is 19.5. The van der Waals surface area contributed by atoms with Crippen LogP contribution in [0.1, 0.15) is 39.5 Å². The molecule has 1 amide bonds. The van der Waals surface area contributed by atoms with E-state index in [4.69, 9.17) is 18.9 Å². The summed E-state index contributed by atoms with van der Waals surface area (Å²) in [5.41, 5.74) is -2.94. The van der Waals surface area contributed by atoms with E-state index >= 15 is 0 Å². The highest BCUT2D eigenvalue weighted by atomic mass is 16.8. The highest BCUT2D eigenvalue weighted by Gasteiger charge is 2.66. The molecule has 1 aliphatic carbocycles. The number of amides is 1. The van der Waals surface area contributed by atoms with Gasteiger partial charge in [0.25, 0.3) is 0 Å². The van der Waals surface area contributed by atoms with Gasteiger partial charge in [-0.1, -0.05) is 19.8 Å². The van der Waals surface area contributed by atoms with E-state index < -0.39 is 48.3 Å². The van der Waals surface area contributed by atoms with Crippen LogP contribution >= 0.6 is 0 Å². The molecule has 3 heterocycles. The average Bonchev–Trinajstić information content (AvgIpc) is 3.37. The Morgan fingerprint density at radius 2 is 1.81 bits per heavy atom. The van der Waals surface area contributed by atoms with Gasteiger partial charge in [-0.25, -0.2) is 0 Å². The van der Waals surface area contributed by atoms with E-state index in [1.807, 2.05) is 13.8 Å². The molecule has 27 heavy (non-hydrogen) atoms. The standard InChI is InChI=1S/C18H29NO8/c1-9-10(2)25-16(18(23)7-5-4-6-17(9,18)22)26-13-12(21)11-14(19(11)8-20)27-15(13)24-3/h8-16,21-23H,4-7H2,1-3H3/t9-,10?,11?,12?,13?,14+,15+,16-,17?,18?,19?/m1/s1. The van der Waals surface area contributed by atoms with Gasteiger partial charge in [-0.3, -0.25) is 4.79 Å². The van der Waals surface area contributed by atoms with Gasteiger partial charge in [-0.15, -0.1) is 0 Å². The van der Waals surface area contributed by atoms with E-state index in [2.05, 4.69) is 0 Å². The van der Waals surface area contributed by atoms with Gasteiger partial charge in [0.1, 0.15) is 29.5 Å². The molecule has 9 heteroatoms. The lowest BCUT2D eigenvalue weighted by Gasteiger charge is -2.58. The monoisotopic (exact) mass is 387 g/mol. The molecule has 0 spiro atoms. The van der Waals surface area contributed by atoms with Crippen molar-refractivity contribution in [1.29, 1.82) is 0 Å². The van der Waals surface area contributed by atoms with Crippen molar-refractivity contribution in [2.75, 3.05) is 7.11 Å². The first-order valence-electron chi connectivity index (χ1n) is 9.63. The molecule has 9 nitrogen and oxygen atoms in total. The first-order valence-corrected chi connectivity index (χ1v) is 9.63. The predicted molar refractivity (Wildman–Crippen MR) is 90.1 cm³/mol. The third-order valence-electron chi connectivity index (χ3n) is 7.00. The van der Waals surface area contributed by atoms with Crippen molar-refractivity contribution in [3.8, 4) is 0 Å². The summed E-state index contributed by atoms with van der Waals surface area (Å²) < 4.78 is 22.9. The van der Waals surface area contributed by atoms with E-state index in [1.54, 1.807) is 0 Å². The lowest BCUT2D eigenvalue weighted by atomic mass is 9.62. The maximum atomic E-state index is 11.4. The Kier molecular flexibility index (Phi) is 4.78. The fourth-order valence-electron chi connectivity index (χ4n) is 5.04. The Morgan fingerprint density at radius 1 is 1.15 bits per heavy atom. The van der Waals surface area contributed by atoms with Gasteiger partial charge < -0.3 is 39.2 Å². The normalized spacial score (nSPS) is 54.8. The van der Waals surface area contributed by atoms with Crippen molar-refractivity contribution < 1.29 is 39.1 Å². The number of carbonyl (C=O) groups is 1. The van der Waals surface area contributed by atoms with Crippen molar-refractivity contribution in [3.05, 3.63) is 0 Å². The van der Waals surface area contributed by atoms with Crippen molar-refractivity contribution in [2.45, 2.75) is 93.9 Å². The van der Waals surface area contributed by atoms with Crippen LogP contribution in [0.4, 0.5) is 0 Å². The minimum Gasteiger partial charge on any atom is -0.388 e. The zero-order chi connectivity index (χ0) is 19.6. The molecule has 4 aliphatic rings. The molecule has 0 aromatic rings. The van der Waals surface area contributed by atoms with E-state index in [0.717, 1.165) is 12.8 Å². The second-order valence-electron chi connectivity index (χ2n) is 8.28. The molecule has 0 radical (unpaired) electrons. The summed E-state index contributed by atoms with van der Waals surface area (Å²) in [5.74, 6) is -0.272. The molecule has 6 unspecified atom stereocenters. The number of hydrogen-bond acceptors (Lipinski definition) is 8. The molecule has 0 aromatic heterocycles. The molecule has 3 N–H and O–H groups in total. The number of methoxy groups -OCH3 is 1. The van der Waals surface area contributed by atoms with Crippen LogP contribution in [0.25, 0.3) is 0 Å². The van der Waals surface area contributed by atoms with Gasteiger partial charge in [-0.05, 0) is 19.8 Å². The highest BCUT2D eigenvalue weighted by molar-refractivity contribution is 5.54. The van der Waals surface area contributed by atoms with Gasteiger partial charge in [0.15, 0.2) is 18.8 Å². The van der Waals surface area contributed by atoms with Crippen molar-refractivity contribution in [3.63, 3.8) is 0 Å². The van der Waals surface area contributed by atoms with Crippen LogP contribution < -0.4 is 0 Å². The summed E-state index contributed by atoms with van der Waals surface area (Å²) >= 11 is 0. The Bertz CT molecular complexity index is 592. The van der Waals surface area contributed by atoms with E-state index in [9.17, 15) is 20.1 Å². The lowest BCUT2D eigenvalue weighted by Crippen LogP contribution is -2.73. The number of nitrogens with zero attached hydrogens (tertiary/aromatic N) is 1. The molecule has 4 rings (SSSR count). The summed E-state index contributed by atoms with van der Waals surface area (Å²) in [5, 5.41) is 33.4. The highest BCUT2D eigenvalue weighted by Crippen LogP contribution is 2.51. The average molecular weight is 387 g/mol. The summed E-state index contributed by atoms with van der Waals surface area (Å²) in [4.78, 5) is 12.4. The van der Waals surface area contributed by atoms with E-state index in [1.165, 1.54) is 12.0 Å². The number of rotatable bonds is 4. The quantitative estimate of drug-likeness (QED) is 0.429. The molecular weight excluding hydrogens is 358 g/mol. The third kappa shape index (κ3) is 2.67. The second-order valence-corrected chi connectivity index (χ2v) is 8.28. The second kappa shape index (κ2) is 6.62. The summed E-state index contributed by atoms with van der Waals surface area (Å²) in [6.07, 6.45) is -2.02. The van der Waals surface area contributed by atoms with Crippen LogP contribution in [-0.2, 0) is 23.7 Å². The molecule has 0 aromatic carbocycles. The fourth-order valence-corrected chi connectivity index (χ4v) is 5.04. The fraction of sp³-hybridized carbons (Fsp3) is 0.944. The Hall–Kier alpha value is -0.810. The van der Waals surface area contributed by atoms with Gasteiger partial charge in [-0.2, -0.15) is 0 Å². The molecule has 10 atom stereocenters. The number of hydrogen-bond donors (Lipinski definition) is 3. The summed E-state index contributed by atoms with van der Waals surface area (Å²) in [6, 6.07) is -0.515. The van der Waals surface area contributed by atoms with Gasteiger partial charge in [0.05, 0.1) is 6.10 Å². The minimum atomic E-state index is -1.60. The summed E-state index contributed by atoms with van der Waals surface area (Å²) in [6.45, 7) is 3.70. The largest absolute Gasteiger partial charge is 0.388 e. The van der Waals surface area contributed by atoms with Crippen LogP contribution in [0.3, 0.4) is 0 Å². The first-order chi connectivity index (χ1) is 12.8. The molecule has 3 saturated heterocycles. The number of aliphatic hydroxyl groups is 3.